The summed E-state index contributed by atoms with van der Waals surface area (Å²) in [5, 5.41) is 7.79. The number of para-hydroxylation sites is 1. The van der Waals surface area contributed by atoms with Crippen LogP contribution in [0.1, 0.15) is 0 Å². The molecule has 1 aliphatic heterocycles. The third kappa shape index (κ3) is 2.03. The number of alkyl halides is 1. The second-order valence-corrected chi connectivity index (χ2v) is 4.21. The van der Waals surface area contributed by atoms with Gasteiger partial charge in [0.05, 0.1) is 5.69 Å². The maximum absolute atomic E-state index is 12.1. The fourth-order valence-electron chi connectivity index (χ4n) is 1.62. The van der Waals surface area contributed by atoms with Crippen LogP contribution in [-0.4, -0.2) is 34.2 Å². The lowest BCUT2D eigenvalue weighted by Gasteiger charge is -2.15. The molecule has 2 rings (SSSR count). The summed E-state index contributed by atoms with van der Waals surface area (Å²) >= 11 is 10.7. The SMILES string of the molecule is N=C1C(=S)N(c2ccccc2)C(=O)N1CCCl. The summed E-state index contributed by atoms with van der Waals surface area (Å²) in [6.07, 6.45) is 0. The van der Waals surface area contributed by atoms with Crippen LogP contribution in [0.4, 0.5) is 10.5 Å². The predicted octanol–water partition coefficient (Wildman–Crippen LogP) is 2.47. The molecule has 1 aromatic carbocycles. The molecular weight excluding hydrogens is 258 g/mol. The molecule has 0 aliphatic carbocycles. The number of hydrogen-bond donors (Lipinski definition) is 1. The summed E-state index contributed by atoms with van der Waals surface area (Å²) in [7, 11) is 0. The van der Waals surface area contributed by atoms with Gasteiger partial charge in [-0.05, 0) is 12.1 Å². The lowest BCUT2D eigenvalue weighted by atomic mass is 10.3. The molecule has 0 saturated carbocycles. The predicted molar refractivity (Wildman–Crippen MR) is 72.1 cm³/mol. The molecule has 0 bridgehead atoms. The lowest BCUT2D eigenvalue weighted by molar-refractivity contribution is 0.234. The Morgan fingerprint density at radius 1 is 1.29 bits per heavy atom. The third-order valence-electron chi connectivity index (χ3n) is 2.42. The highest BCUT2D eigenvalue weighted by atomic mass is 35.5. The number of nitrogens with zero attached hydrogens (tertiary/aromatic N) is 2. The second-order valence-electron chi connectivity index (χ2n) is 3.45. The normalized spacial score (nSPS) is 15.9. The van der Waals surface area contributed by atoms with Crippen molar-refractivity contribution in [1.29, 1.82) is 5.41 Å². The molecule has 1 aromatic rings. The van der Waals surface area contributed by atoms with E-state index >= 15 is 0 Å². The zero-order valence-corrected chi connectivity index (χ0v) is 10.5. The minimum Gasteiger partial charge on any atom is -0.282 e. The molecule has 1 heterocycles. The fourth-order valence-corrected chi connectivity index (χ4v) is 2.08. The van der Waals surface area contributed by atoms with E-state index in [0.717, 1.165) is 0 Å². The first-order valence-electron chi connectivity index (χ1n) is 5.02. The zero-order chi connectivity index (χ0) is 12.4. The number of halogens is 1. The number of amides is 2. The monoisotopic (exact) mass is 267 g/mol. The van der Waals surface area contributed by atoms with E-state index in [1.807, 2.05) is 18.2 Å². The van der Waals surface area contributed by atoms with Crippen molar-refractivity contribution in [2.45, 2.75) is 0 Å². The number of amidine groups is 1. The Morgan fingerprint density at radius 3 is 2.53 bits per heavy atom. The molecule has 0 unspecified atom stereocenters. The Hall–Kier alpha value is -1.46. The van der Waals surface area contributed by atoms with Crippen molar-refractivity contribution in [1.82, 2.24) is 4.90 Å². The van der Waals surface area contributed by atoms with E-state index in [2.05, 4.69) is 0 Å². The average Bonchev–Trinajstić information content (AvgIpc) is 2.55. The molecule has 0 aromatic heterocycles. The summed E-state index contributed by atoms with van der Waals surface area (Å²) in [5.74, 6) is 0.314. The molecule has 6 heteroatoms. The number of nitrogens with one attached hydrogen (secondary N) is 1. The summed E-state index contributed by atoms with van der Waals surface area (Å²) in [6.45, 7) is 0.294. The van der Waals surface area contributed by atoms with Gasteiger partial charge in [-0.2, -0.15) is 0 Å². The van der Waals surface area contributed by atoms with Crippen molar-refractivity contribution in [3.8, 4) is 0 Å². The smallest absolute Gasteiger partial charge is 0.282 e. The number of anilines is 1. The summed E-state index contributed by atoms with van der Waals surface area (Å²) < 4.78 is 0. The van der Waals surface area contributed by atoms with Gasteiger partial charge in [0.2, 0.25) is 0 Å². The Morgan fingerprint density at radius 2 is 1.94 bits per heavy atom. The average molecular weight is 268 g/mol. The molecular formula is C11H10ClN3OS. The Balaban J connectivity index is 2.34. The van der Waals surface area contributed by atoms with Crippen LogP contribution >= 0.6 is 23.8 Å². The molecule has 0 radical (unpaired) electrons. The topological polar surface area (TPSA) is 47.4 Å². The van der Waals surface area contributed by atoms with Crippen molar-refractivity contribution < 1.29 is 4.79 Å². The first-order chi connectivity index (χ1) is 8.16. The van der Waals surface area contributed by atoms with Crippen molar-refractivity contribution in [3.63, 3.8) is 0 Å². The van der Waals surface area contributed by atoms with E-state index in [0.29, 0.717) is 12.2 Å². The quantitative estimate of drug-likeness (QED) is 0.676. The minimum atomic E-state index is -0.313. The Labute approximate surface area is 109 Å². The molecule has 1 fully saturated rings. The largest absolute Gasteiger partial charge is 0.335 e. The Kier molecular flexibility index (Phi) is 3.40. The van der Waals surface area contributed by atoms with Gasteiger partial charge < -0.3 is 0 Å². The van der Waals surface area contributed by atoms with Crippen LogP contribution in [0.2, 0.25) is 0 Å². The number of carbonyl (C=O) groups is 1. The van der Waals surface area contributed by atoms with Crippen LogP contribution in [-0.2, 0) is 0 Å². The molecule has 1 N–H and O–H groups in total. The standard InChI is InChI=1S/C11H10ClN3OS/c12-6-7-14-9(13)10(17)15(11(14)16)8-4-2-1-3-5-8/h1-5,13H,6-7H2. The molecule has 0 spiro atoms. The molecule has 1 aliphatic rings. The highest BCUT2D eigenvalue weighted by Crippen LogP contribution is 2.22. The van der Waals surface area contributed by atoms with Gasteiger partial charge in [-0.15, -0.1) is 11.6 Å². The van der Waals surface area contributed by atoms with Crippen molar-refractivity contribution in [3.05, 3.63) is 30.3 Å². The van der Waals surface area contributed by atoms with Gasteiger partial charge >= 0.3 is 6.03 Å². The number of urea groups is 1. The number of rotatable bonds is 3. The van der Waals surface area contributed by atoms with Crippen molar-refractivity contribution in [2.75, 3.05) is 17.3 Å². The first kappa shape index (κ1) is 12.0. The van der Waals surface area contributed by atoms with Crippen molar-refractivity contribution >= 4 is 46.4 Å². The maximum Gasteiger partial charge on any atom is 0.335 e. The fraction of sp³-hybridized carbons (Fsp3) is 0.182. The Bertz CT molecular complexity index is 477. The molecule has 4 nitrogen and oxygen atoms in total. The van der Waals surface area contributed by atoms with Gasteiger partial charge in [-0.3, -0.25) is 10.3 Å². The molecule has 17 heavy (non-hydrogen) atoms. The van der Waals surface area contributed by atoms with Gasteiger partial charge in [0.25, 0.3) is 0 Å². The van der Waals surface area contributed by atoms with Gasteiger partial charge in [0, 0.05) is 12.4 Å². The highest BCUT2D eigenvalue weighted by Gasteiger charge is 2.38. The lowest BCUT2D eigenvalue weighted by Crippen LogP contribution is -2.34. The van der Waals surface area contributed by atoms with Crippen LogP contribution < -0.4 is 4.90 Å². The van der Waals surface area contributed by atoms with Gasteiger partial charge in [0.15, 0.2) is 10.8 Å². The number of thiocarbonyl (C=S) groups is 1. The second kappa shape index (κ2) is 4.81. The van der Waals surface area contributed by atoms with Gasteiger partial charge in [0.1, 0.15) is 0 Å². The van der Waals surface area contributed by atoms with Crippen LogP contribution in [0, 0.1) is 5.41 Å². The summed E-state index contributed by atoms with van der Waals surface area (Å²) in [5.41, 5.74) is 0.671. The first-order valence-corrected chi connectivity index (χ1v) is 5.96. The van der Waals surface area contributed by atoms with Crippen LogP contribution in [0.15, 0.2) is 30.3 Å². The van der Waals surface area contributed by atoms with E-state index in [4.69, 9.17) is 29.2 Å². The van der Waals surface area contributed by atoms with E-state index in [-0.39, 0.29) is 22.7 Å². The molecule has 88 valence electrons. The van der Waals surface area contributed by atoms with E-state index in [1.54, 1.807) is 12.1 Å². The maximum atomic E-state index is 12.1. The zero-order valence-electron chi connectivity index (χ0n) is 8.89. The third-order valence-corrected chi connectivity index (χ3v) is 2.97. The number of carbonyl (C=O) groups excluding carboxylic acids is 1. The van der Waals surface area contributed by atoms with Gasteiger partial charge in [-0.25, -0.2) is 9.69 Å². The van der Waals surface area contributed by atoms with E-state index < -0.39 is 0 Å². The van der Waals surface area contributed by atoms with Crippen molar-refractivity contribution in [2.24, 2.45) is 0 Å². The van der Waals surface area contributed by atoms with Crippen LogP contribution in [0.5, 0.6) is 0 Å². The summed E-state index contributed by atoms with van der Waals surface area (Å²) in [4.78, 5) is 14.9. The van der Waals surface area contributed by atoms with Crippen LogP contribution in [0.3, 0.4) is 0 Å². The van der Waals surface area contributed by atoms with Crippen LogP contribution in [0.25, 0.3) is 0 Å². The van der Waals surface area contributed by atoms with E-state index in [9.17, 15) is 4.79 Å². The molecule has 1 saturated heterocycles. The van der Waals surface area contributed by atoms with E-state index in [1.165, 1.54) is 9.80 Å². The van der Waals surface area contributed by atoms with Gasteiger partial charge in [-0.1, -0.05) is 30.4 Å². The highest BCUT2D eigenvalue weighted by molar-refractivity contribution is 7.82. The number of hydrogen-bond acceptors (Lipinski definition) is 3. The molecule has 0 atom stereocenters. The summed E-state index contributed by atoms with van der Waals surface area (Å²) in [6, 6.07) is 8.74. The molecule has 2 amide bonds. The minimum absolute atomic E-state index is 0.0366. The number of benzene rings is 1.